The second-order valence-electron chi connectivity index (χ2n) is 3.88. The van der Waals surface area contributed by atoms with E-state index >= 15 is 0 Å². The summed E-state index contributed by atoms with van der Waals surface area (Å²) in [6.45, 7) is 2.94. The van der Waals surface area contributed by atoms with Crippen LogP contribution in [0.1, 0.15) is 6.92 Å². The summed E-state index contributed by atoms with van der Waals surface area (Å²) in [5.74, 6) is 0.292. The Morgan fingerprint density at radius 1 is 1.44 bits per heavy atom. The number of hydrogen-bond acceptors (Lipinski definition) is 5. The quantitative estimate of drug-likeness (QED) is 0.661. The smallest absolute Gasteiger partial charge is 0.293 e. The number of nitrogens with zero attached hydrogens (tertiary/aromatic N) is 3. The van der Waals surface area contributed by atoms with Crippen molar-refractivity contribution in [1.82, 2.24) is 9.55 Å². The molecule has 0 amide bonds. The summed E-state index contributed by atoms with van der Waals surface area (Å²) in [6, 6.07) is 0. The number of aryl methyl sites for hydroxylation is 1. The van der Waals surface area contributed by atoms with Crippen molar-refractivity contribution in [3.05, 3.63) is 22.7 Å². The van der Waals surface area contributed by atoms with E-state index in [0.29, 0.717) is 12.4 Å². The summed E-state index contributed by atoms with van der Waals surface area (Å²) in [4.78, 5) is 17.5. The van der Waals surface area contributed by atoms with Gasteiger partial charge in [-0.05, 0) is 6.92 Å². The molecular formula is C10H15N3O3. The Morgan fingerprint density at radius 2 is 2.06 bits per heavy atom. The first-order valence-corrected chi connectivity index (χ1v) is 5.30. The number of aromatic nitrogens is 2. The van der Waals surface area contributed by atoms with E-state index in [4.69, 9.17) is 0 Å². The van der Waals surface area contributed by atoms with Crippen LogP contribution in [0, 0.1) is 0 Å². The third-order valence-electron chi connectivity index (χ3n) is 2.79. The number of β-amino-alcohol motifs (C(OH)–C–C–N with tert-alkyl or cyclic N) is 2. The number of anilines is 1. The normalized spacial score (nSPS) is 25.1. The van der Waals surface area contributed by atoms with Crippen molar-refractivity contribution in [2.24, 2.45) is 0 Å². The molecule has 0 spiro atoms. The predicted molar refractivity (Wildman–Crippen MR) is 58.4 cm³/mol. The fourth-order valence-electron chi connectivity index (χ4n) is 1.84. The molecule has 2 unspecified atom stereocenters. The number of rotatable bonds is 2. The zero-order chi connectivity index (χ0) is 11.7. The minimum absolute atomic E-state index is 0.189. The first-order valence-electron chi connectivity index (χ1n) is 5.30. The second-order valence-corrected chi connectivity index (χ2v) is 3.88. The maximum absolute atomic E-state index is 11.9. The topological polar surface area (TPSA) is 78.6 Å². The highest BCUT2D eigenvalue weighted by Gasteiger charge is 2.31. The Bertz CT molecular complexity index is 422. The van der Waals surface area contributed by atoms with E-state index in [2.05, 4.69) is 4.98 Å². The number of hydrogen-bond donors (Lipinski definition) is 2. The Balaban J connectivity index is 2.32. The van der Waals surface area contributed by atoms with Crippen LogP contribution in [0.15, 0.2) is 17.2 Å². The van der Waals surface area contributed by atoms with Crippen LogP contribution in [0.2, 0.25) is 0 Å². The zero-order valence-electron chi connectivity index (χ0n) is 9.08. The van der Waals surface area contributed by atoms with E-state index < -0.39 is 12.2 Å². The van der Waals surface area contributed by atoms with Crippen molar-refractivity contribution in [2.75, 3.05) is 18.0 Å². The SMILES string of the molecule is CCn1ccnc(N2CC(O)C(O)C2)c1=O. The number of aliphatic hydroxyl groups excluding tert-OH is 2. The maximum atomic E-state index is 11.9. The van der Waals surface area contributed by atoms with E-state index in [9.17, 15) is 15.0 Å². The molecule has 1 aromatic heterocycles. The average molecular weight is 225 g/mol. The van der Waals surface area contributed by atoms with Crippen LogP contribution in [0.5, 0.6) is 0 Å². The van der Waals surface area contributed by atoms with Crippen LogP contribution < -0.4 is 10.5 Å². The van der Waals surface area contributed by atoms with Crippen molar-refractivity contribution in [3.8, 4) is 0 Å². The second kappa shape index (κ2) is 4.23. The van der Waals surface area contributed by atoms with Gasteiger partial charge in [0, 0.05) is 32.0 Å². The Kier molecular flexibility index (Phi) is 2.93. The summed E-state index contributed by atoms with van der Waals surface area (Å²) in [5, 5.41) is 18.8. The summed E-state index contributed by atoms with van der Waals surface area (Å²) >= 11 is 0. The molecule has 2 N–H and O–H groups in total. The van der Waals surface area contributed by atoms with Gasteiger partial charge in [-0.3, -0.25) is 4.79 Å². The molecule has 1 aliphatic heterocycles. The molecule has 0 aromatic carbocycles. The molecule has 1 fully saturated rings. The molecular weight excluding hydrogens is 210 g/mol. The predicted octanol–water partition coefficient (Wildman–Crippen LogP) is -1.20. The molecule has 6 heteroatoms. The zero-order valence-corrected chi connectivity index (χ0v) is 9.08. The van der Waals surface area contributed by atoms with Gasteiger partial charge in [0.25, 0.3) is 5.56 Å². The number of aliphatic hydroxyl groups is 2. The average Bonchev–Trinajstić information content (AvgIpc) is 2.59. The first kappa shape index (κ1) is 11.1. The molecule has 0 bridgehead atoms. The van der Waals surface area contributed by atoms with Crippen molar-refractivity contribution < 1.29 is 10.2 Å². The van der Waals surface area contributed by atoms with Gasteiger partial charge in [0.15, 0.2) is 5.82 Å². The third-order valence-corrected chi connectivity index (χ3v) is 2.79. The molecule has 2 heterocycles. The highest BCUT2D eigenvalue weighted by Crippen LogP contribution is 2.14. The van der Waals surface area contributed by atoms with Gasteiger partial charge in [0.1, 0.15) is 0 Å². The van der Waals surface area contributed by atoms with Crippen LogP contribution in [0.25, 0.3) is 0 Å². The highest BCUT2D eigenvalue weighted by molar-refractivity contribution is 5.38. The summed E-state index contributed by atoms with van der Waals surface area (Å²) in [6.07, 6.45) is 1.56. The van der Waals surface area contributed by atoms with Crippen LogP contribution in [-0.4, -0.2) is 45.1 Å². The molecule has 16 heavy (non-hydrogen) atoms. The van der Waals surface area contributed by atoms with Gasteiger partial charge >= 0.3 is 0 Å². The molecule has 88 valence electrons. The highest BCUT2D eigenvalue weighted by atomic mass is 16.3. The van der Waals surface area contributed by atoms with E-state index in [0.717, 1.165) is 0 Å². The minimum atomic E-state index is -0.809. The summed E-state index contributed by atoms with van der Waals surface area (Å²) < 4.78 is 1.54. The van der Waals surface area contributed by atoms with Gasteiger partial charge in [0.05, 0.1) is 12.2 Å². The molecule has 1 aromatic rings. The van der Waals surface area contributed by atoms with Gasteiger partial charge in [-0.25, -0.2) is 4.98 Å². The van der Waals surface area contributed by atoms with Gasteiger partial charge in [0.2, 0.25) is 0 Å². The van der Waals surface area contributed by atoms with E-state index in [-0.39, 0.29) is 18.6 Å². The molecule has 1 saturated heterocycles. The van der Waals surface area contributed by atoms with Gasteiger partial charge < -0.3 is 19.7 Å². The lowest BCUT2D eigenvalue weighted by molar-refractivity contribution is 0.0572. The largest absolute Gasteiger partial charge is 0.389 e. The standard InChI is InChI=1S/C10H15N3O3/c1-2-12-4-3-11-9(10(12)16)13-5-7(14)8(15)6-13/h3-4,7-8,14-15H,2,5-6H2,1H3. The third kappa shape index (κ3) is 1.81. The lowest BCUT2D eigenvalue weighted by Gasteiger charge is -2.16. The molecule has 2 rings (SSSR count). The lowest BCUT2D eigenvalue weighted by Crippen LogP contribution is -2.32. The van der Waals surface area contributed by atoms with Crippen LogP contribution >= 0.6 is 0 Å². The van der Waals surface area contributed by atoms with Crippen LogP contribution in [0.4, 0.5) is 5.82 Å². The summed E-state index contributed by atoms with van der Waals surface area (Å²) in [7, 11) is 0. The Labute approximate surface area is 92.8 Å². The monoisotopic (exact) mass is 225 g/mol. The fourth-order valence-corrected chi connectivity index (χ4v) is 1.84. The van der Waals surface area contributed by atoms with Gasteiger partial charge in [-0.15, -0.1) is 0 Å². The van der Waals surface area contributed by atoms with Crippen molar-refractivity contribution in [2.45, 2.75) is 25.7 Å². The lowest BCUT2D eigenvalue weighted by atomic mass is 10.3. The van der Waals surface area contributed by atoms with Crippen molar-refractivity contribution in [1.29, 1.82) is 0 Å². The molecule has 0 saturated carbocycles. The Morgan fingerprint density at radius 3 is 2.62 bits per heavy atom. The maximum Gasteiger partial charge on any atom is 0.293 e. The molecule has 0 aliphatic carbocycles. The van der Waals surface area contributed by atoms with E-state index in [1.807, 2.05) is 6.92 Å². The van der Waals surface area contributed by atoms with Gasteiger partial charge in [-0.1, -0.05) is 0 Å². The molecule has 1 aliphatic rings. The van der Waals surface area contributed by atoms with Crippen LogP contribution in [0.3, 0.4) is 0 Å². The van der Waals surface area contributed by atoms with E-state index in [1.165, 1.54) is 0 Å². The Hall–Kier alpha value is -1.40. The fraction of sp³-hybridized carbons (Fsp3) is 0.600. The molecule has 2 atom stereocenters. The first-order chi connectivity index (χ1) is 7.63. The minimum Gasteiger partial charge on any atom is -0.389 e. The molecule has 0 radical (unpaired) electrons. The van der Waals surface area contributed by atoms with Gasteiger partial charge in [-0.2, -0.15) is 0 Å². The summed E-state index contributed by atoms with van der Waals surface area (Å²) in [5.41, 5.74) is -0.189. The van der Waals surface area contributed by atoms with Crippen molar-refractivity contribution in [3.63, 3.8) is 0 Å². The van der Waals surface area contributed by atoms with Crippen LogP contribution in [-0.2, 0) is 6.54 Å². The van der Waals surface area contributed by atoms with Crippen molar-refractivity contribution >= 4 is 5.82 Å². The van der Waals surface area contributed by atoms with E-state index in [1.54, 1.807) is 21.9 Å². The molecule has 6 nitrogen and oxygen atoms in total.